The third-order valence-electron chi connectivity index (χ3n) is 2.94. The Kier molecular flexibility index (Phi) is 3.41. The molecule has 88 valence electrons. The fourth-order valence-electron chi connectivity index (χ4n) is 2.01. The Labute approximate surface area is 96.4 Å². The second-order valence-corrected chi connectivity index (χ2v) is 4.23. The van der Waals surface area contributed by atoms with Gasteiger partial charge in [-0.15, -0.1) is 0 Å². The molecule has 16 heavy (non-hydrogen) atoms. The van der Waals surface area contributed by atoms with E-state index in [0.29, 0.717) is 0 Å². The second-order valence-electron chi connectivity index (χ2n) is 4.23. The van der Waals surface area contributed by atoms with Crippen molar-refractivity contribution in [1.82, 2.24) is 4.98 Å². The summed E-state index contributed by atoms with van der Waals surface area (Å²) in [4.78, 5) is 6.86. The van der Waals surface area contributed by atoms with E-state index in [-0.39, 0.29) is 6.04 Å². The summed E-state index contributed by atoms with van der Waals surface area (Å²) in [6, 6.07) is 4.18. The Morgan fingerprint density at radius 2 is 2.06 bits per heavy atom. The van der Waals surface area contributed by atoms with E-state index in [4.69, 9.17) is 10.5 Å². The highest BCUT2D eigenvalue weighted by Gasteiger charge is 2.13. The highest BCUT2D eigenvalue weighted by Crippen LogP contribution is 2.19. The highest BCUT2D eigenvalue weighted by molar-refractivity contribution is 5.42. The van der Waals surface area contributed by atoms with Crippen LogP contribution in [0.2, 0.25) is 0 Å². The largest absolute Gasteiger partial charge is 0.378 e. The van der Waals surface area contributed by atoms with Gasteiger partial charge in [0.25, 0.3) is 0 Å². The zero-order chi connectivity index (χ0) is 11.5. The van der Waals surface area contributed by atoms with Gasteiger partial charge >= 0.3 is 0 Å². The standard InChI is InChI=1S/C12H19N3O/c1-9(13)11-3-4-12(14-10(11)2)15-5-7-16-8-6-15/h3-4,9H,5-8,13H2,1-2H3/t9-/m1/s1. The summed E-state index contributed by atoms with van der Waals surface area (Å²) in [5, 5.41) is 0. The van der Waals surface area contributed by atoms with E-state index in [1.807, 2.05) is 13.8 Å². The maximum atomic E-state index is 5.87. The number of aromatic nitrogens is 1. The maximum Gasteiger partial charge on any atom is 0.128 e. The van der Waals surface area contributed by atoms with Gasteiger partial charge in [-0.2, -0.15) is 0 Å². The third-order valence-corrected chi connectivity index (χ3v) is 2.94. The minimum Gasteiger partial charge on any atom is -0.378 e. The molecule has 4 heteroatoms. The van der Waals surface area contributed by atoms with Gasteiger partial charge in [0.2, 0.25) is 0 Å². The summed E-state index contributed by atoms with van der Waals surface area (Å²) in [7, 11) is 0. The Morgan fingerprint density at radius 3 is 2.62 bits per heavy atom. The number of nitrogens with zero attached hydrogens (tertiary/aromatic N) is 2. The lowest BCUT2D eigenvalue weighted by Crippen LogP contribution is -2.36. The first-order valence-electron chi connectivity index (χ1n) is 5.74. The van der Waals surface area contributed by atoms with Crippen LogP contribution in [0.5, 0.6) is 0 Å². The van der Waals surface area contributed by atoms with Crippen LogP contribution in [0.4, 0.5) is 5.82 Å². The predicted octanol–water partition coefficient (Wildman–Crippen LogP) is 1.25. The summed E-state index contributed by atoms with van der Waals surface area (Å²) in [6.07, 6.45) is 0. The summed E-state index contributed by atoms with van der Waals surface area (Å²) in [6.45, 7) is 7.42. The topological polar surface area (TPSA) is 51.4 Å². The van der Waals surface area contributed by atoms with Gasteiger partial charge in [-0.05, 0) is 25.5 Å². The van der Waals surface area contributed by atoms with Crippen LogP contribution in [-0.2, 0) is 4.74 Å². The molecule has 0 aliphatic carbocycles. The zero-order valence-corrected chi connectivity index (χ0v) is 9.94. The second kappa shape index (κ2) is 4.80. The fourth-order valence-corrected chi connectivity index (χ4v) is 2.01. The van der Waals surface area contributed by atoms with Crippen LogP contribution in [0.25, 0.3) is 0 Å². The number of anilines is 1. The van der Waals surface area contributed by atoms with Crippen molar-refractivity contribution >= 4 is 5.82 Å². The van der Waals surface area contributed by atoms with Crippen LogP contribution in [0, 0.1) is 6.92 Å². The molecule has 1 fully saturated rings. The van der Waals surface area contributed by atoms with E-state index in [1.165, 1.54) is 0 Å². The van der Waals surface area contributed by atoms with Crippen molar-refractivity contribution in [3.8, 4) is 0 Å². The Hall–Kier alpha value is -1.13. The van der Waals surface area contributed by atoms with Crippen LogP contribution in [0.15, 0.2) is 12.1 Å². The normalized spacial score (nSPS) is 18.6. The summed E-state index contributed by atoms with van der Waals surface area (Å²) < 4.78 is 5.32. The molecular formula is C12H19N3O. The molecule has 0 spiro atoms. The third kappa shape index (κ3) is 2.33. The van der Waals surface area contributed by atoms with Crippen LogP contribution in [0.3, 0.4) is 0 Å². The number of pyridine rings is 1. The molecule has 1 aliphatic heterocycles. The predicted molar refractivity (Wildman–Crippen MR) is 64.6 cm³/mol. The molecule has 1 aromatic heterocycles. The molecular weight excluding hydrogens is 202 g/mol. The van der Waals surface area contributed by atoms with Crippen molar-refractivity contribution in [2.75, 3.05) is 31.2 Å². The highest BCUT2D eigenvalue weighted by atomic mass is 16.5. The molecule has 0 amide bonds. The minimum atomic E-state index is 0.0474. The van der Waals surface area contributed by atoms with Gasteiger partial charge < -0.3 is 15.4 Å². The Bertz CT molecular complexity index is 359. The lowest BCUT2D eigenvalue weighted by molar-refractivity contribution is 0.122. The molecule has 1 atom stereocenters. The molecule has 1 aromatic rings. The molecule has 0 unspecified atom stereocenters. The van der Waals surface area contributed by atoms with Gasteiger partial charge in [0.1, 0.15) is 5.82 Å². The smallest absolute Gasteiger partial charge is 0.128 e. The van der Waals surface area contributed by atoms with E-state index in [1.54, 1.807) is 0 Å². The zero-order valence-electron chi connectivity index (χ0n) is 9.94. The van der Waals surface area contributed by atoms with Gasteiger partial charge in [0.05, 0.1) is 13.2 Å². The molecule has 1 saturated heterocycles. The molecule has 4 nitrogen and oxygen atoms in total. The number of aryl methyl sites for hydroxylation is 1. The van der Waals surface area contributed by atoms with Gasteiger partial charge in [0, 0.05) is 24.8 Å². The SMILES string of the molecule is Cc1nc(N2CCOCC2)ccc1[C@@H](C)N. The minimum absolute atomic E-state index is 0.0474. The first kappa shape index (κ1) is 11.4. The number of nitrogens with two attached hydrogens (primary N) is 1. The Morgan fingerprint density at radius 1 is 1.38 bits per heavy atom. The first-order valence-corrected chi connectivity index (χ1v) is 5.74. The van der Waals surface area contributed by atoms with E-state index in [9.17, 15) is 0 Å². The van der Waals surface area contributed by atoms with E-state index < -0.39 is 0 Å². The van der Waals surface area contributed by atoms with E-state index in [0.717, 1.165) is 43.4 Å². The average Bonchev–Trinajstić information content (AvgIpc) is 2.29. The fraction of sp³-hybridized carbons (Fsp3) is 0.583. The van der Waals surface area contributed by atoms with Gasteiger partial charge in [-0.3, -0.25) is 0 Å². The van der Waals surface area contributed by atoms with E-state index in [2.05, 4.69) is 22.0 Å². The van der Waals surface area contributed by atoms with Crippen molar-refractivity contribution in [3.05, 3.63) is 23.4 Å². The lowest BCUT2D eigenvalue weighted by atomic mass is 10.1. The Balaban J connectivity index is 2.19. The molecule has 0 bridgehead atoms. The molecule has 0 saturated carbocycles. The monoisotopic (exact) mass is 221 g/mol. The van der Waals surface area contributed by atoms with Crippen molar-refractivity contribution in [2.45, 2.75) is 19.9 Å². The molecule has 0 radical (unpaired) electrons. The quantitative estimate of drug-likeness (QED) is 0.816. The first-order chi connectivity index (χ1) is 7.68. The lowest BCUT2D eigenvalue weighted by Gasteiger charge is -2.28. The molecule has 0 aromatic carbocycles. The number of ether oxygens (including phenoxy) is 1. The van der Waals surface area contributed by atoms with Crippen molar-refractivity contribution in [3.63, 3.8) is 0 Å². The van der Waals surface area contributed by atoms with Crippen molar-refractivity contribution in [2.24, 2.45) is 5.73 Å². The van der Waals surface area contributed by atoms with Crippen LogP contribution >= 0.6 is 0 Å². The van der Waals surface area contributed by atoms with Crippen LogP contribution < -0.4 is 10.6 Å². The summed E-state index contributed by atoms with van der Waals surface area (Å²) in [5.74, 6) is 1.03. The number of hydrogen-bond donors (Lipinski definition) is 1. The van der Waals surface area contributed by atoms with Gasteiger partial charge in [-0.25, -0.2) is 4.98 Å². The van der Waals surface area contributed by atoms with E-state index >= 15 is 0 Å². The number of rotatable bonds is 2. The molecule has 1 aliphatic rings. The van der Waals surface area contributed by atoms with Crippen LogP contribution in [-0.4, -0.2) is 31.3 Å². The average molecular weight is 221 g/mol. The molecule has 2 heterocycles. The molecule has 2 rings (SSSR count). The van der Waals surface area contributed by atoms with Crippen molar-refractivity contribution < 1.29 is 4.74 Å². The maximum absolute atomic E-state index is 5.87. The number of hydrogen-bond acceptors (Lipinski definition) is 4. The summed E-state index contributed by atoms with van der Waals surface area (Å²) in [5.41, 5.74) is 8.02. The van der Waals surface area contributed by atoms with Gasteiger partial charge in [-0.1, -0.05) is 6.07 Å². The van der Waals surface area contributed by atoms with Gasteiger partial charge in [0.15, 0.2) is 0 Å². The summed E-state index contributed by atoms with van der Waals surface area (Å²) >= 11 is 0. The number of morpholine rings is 1. The van der Waals surface area contributed by atoms with Crippen molar-refractivity contribution in [1.29, 1.82) is 0 Å². The molecule has 2 N–H and O–H groups in total. The van der Waals surface area contributed by atoms with Crippen LogP contribution in [0.1, 0.15) is 24.2 Å².